The third-order valence-electron chi connectivity index (χ3n) is 4.36. The molecule has 0 bridgehead atoms. The van der Waals surface area contributed by atoms with Crippen molar-refractivity contribution in [2.75, 3.05) is 5.75 Å². The third-order valence-corrected chi connectivity index (χ3v) is 5.40. The van der Waals surface area contributed by atoms with Crippen molar-refractivity contribution in [3.63, 3.8) is 0 Å². The van der Waals surface area contributed by atoms with Crippen LogP contribution in [0.15, 0.2) is 0 Å². The van der Waals surface area contributed by atoms with E-state index >= 15 is 0 Å². The Balaban J connectivity index is 1.69. The molecule has 0 amide bonds. The summed E-state index contributed by atoms with van der Waals surface area (Å²) in [5.74, 6) is 1.25. The second kappa shape index (κ2) is 7.32. The zero-order chi connectivity index (χ0) is 12.8. The fourth-order valence-corrected chi connectivity index (χ4v) is 4.13. The molecule has 0 radical (unpaired) electrons. The molecule has 0 aromatic carbocycles. The summed E-state index contributed by atoms with van der Waals surface area (Å²) in [7, 11) is 0. The van der Waals surface area contributed by atoms with Crippen LogP contribution in [0.4, 0.5) is 0 Å². The van der Waals surface area contributed by atoms with Gasteiger partial charge in [0.1, 0.15) is 5.78 Å². The molecule has 2 aliphatic carbocycles. The minimum absolute atomic E-state index is 0.239. The van der Waals surface area contributed by atoms with Crippen LogP contribution in [0.5, 0.6) is 0 Å². The molecule has 0 atom stereocenters. The SMILES string of the molecule is O=C(CSC(=O)C1CCCCC1)C1CCCCC1. The third kappa shape index (κ3) is 4.11. The molecule has 0 aromatic rings. The molecule has 2 nitrogen and oxygen atoms in total. The number of hydrogen-bond donors (Lipinski definition) is 0. The largest absolute Gasteiger partial charge is 0.298 e. The lowest BCUT2D eigenvalue weighted by molar-refractivity contribution is -0.121. The topological polar surface area (TPSA) is 34.1 Å². The van der Waals surface area contributed by atoms with Gasteiger partial charge >= 0.3 is 0 Å². The first-order valence-corrected chi connectivity index (χ1v) is 8.45. The second-order valence-corrected chi connectivity index (χ2v) is 6.72. The summed E-state index contributed by atoms with van der Waals surface area (Å²) >= 11 is 1.30. The van der Waals surface area contributed by atoms with Gasteiger partial charge in [0.2, 0.25) is 0 Å². The van der Waals surface area contributed by atoms with E-state index in [1.54, 1.807) is 0 Å². The van der Waals surface area contributed by atoms with Gasteiger partial charge in [-0.1, -0.05) is 50.3 Å². The maximum atomic E-state index is 12.0. The molecule has 3 heteroatoms. The lowest BCUT2D eigenvalue weighted by Crippen LogP contribution is -2.22. The summed E-state index contributed by atoms with van der Waals surface area (Å²) in [6.45, 7) is 0. The average molecular weight is 268 g/mol. The first-order chi connectivity index (χ1) is 8.77. The Morgan fingerprint density at radius 1 is 0.778 bits per heavy atom. The number of rotatable bonds is 4. The van der Waals surface area contributed by atoms with E-state index in [-0.39, 0.29) is 17.0 Å². The predicted molar refractivity (Wildman–Crippen MR) is 75.6 cm³/mol. The Morgan fingerprint density at radius 3 is 1.83 bits per heavy atom. The summed E-state index contributed by atoms with van der Waals surface area (Å²) in [5.41, 5.74) is 0. The highest BCUT2D eigenvalue weighted by Crippen LogP contribution is 2.30. The molecule has 0 N–H and O–H groups in total. The number of carbonyl (C=O) groups excluding carboxylic acids is 2. The van der Waals surface area contributed by atoms with E-state index in [0.29, 0.717) is 11.5 Å². The van der Waals surface area contributed by atoms with Gasteiger partial charge in [0.25, 0.3) is 0 Å². The molecule has 0 unspecified atom stereocenters. The van der Waals surface area contributed by atoms with Crippen LogP contribution in [0.1, 0.15) is 64.2 Å². The van der Waals surface area contributed by atoms with Crippen LogP contribution in [-0.2, 0) is 9.59 Å². The highest BCUT2D eigenvalue weighted by molar-refractivity contribution is 8.14. The minimum atomic E-state index is 0.239. The summed E-state index contributed by atoms with van der Waals surface area (Å²) in [6.07, 6.45) is 11.5. The van der Waals surface area contributed by atoms with E-state index in [1.165, 1.54) is 50.3 Å². The predicted octanol–water partition coefficient (Wildman–Crippen LogP) is 3.98. The van der Waals surface area contributed by atoms with Crippen LogP contribution < -0.4 is 0 Å². The zero-order valence-corrected chi connectivity index (χ0v) is 12.0. The monoisotopic (exact) mass is 268 g/mol. The van der Waals surface area contributed by atoms with Crippen LogP contribution in [0.2, 0.25) is 0 Å². The van der Waals surface area contributed by atoms with Crippen molar-refractivity contribution in [1.29, 1.82) is 0 Å². The van der Waals surface area contributed by atoms with E-state index in [4.69, 9.17) is 0 Å². The highest BCUT2D eigenvalue weighted by Gasteiger charge is 2.25. The number of ketones is 1. The van der Waals surface area contributed by atoms with E-state index in [0.717, 1.165) is 25.7 Å². The van der Waals surface area contributed by atoms with Crippen molar-refractivity contribution in [3.05, 3.63) is 0 Å². The number of carbonyl (C=O) groups is 2. The normalized spacial score (nSPS) is 22.9. The van der Waals surface area contributed by atoms with Crippen LogP contribution in [0, 0.1) is 11.8 Å². The molecule has 0 spiro atoms. The molecule has 102 valence electrons. The highest BCUT2D eigenvalue weighted by atomic mass is 32.2. The van der Waals surface area contributed by atoms with Gasteiger partial charge < -0.3 is 0 Å². The Labute approximate surface area is 114 Å². The van der Waals surface area contributed by atoms with Gasteiger partial charge in [-0.15, -0.1) is 0 Å². The molecular weight excluding hydrogens is 244 g/mol. The number of Topliss-reactive ketones (excluding diaryl/α,β-unsaturated/α-hetero) is 1. The van der Waals surface area contributed by atoms with Crippen molar-refractivity contribution in [3.8, 4) is 0 Å². The Hall–Kier alpha value is -0.310. The zero-order valence-electron chi connectivity index (χ0n) is 11.2. The average Bonchev–Trinajstić information content (AvgIpc) is 2.46. The Bertz CT molecular complexity index is 259. The van der Waals surface area contributed by atoms with Gasteiger partial charge in [-0.25, -0.2) is 0 Å². The van der Waals surface area contributed by atoms with Crippen LogP contribution in [0.25, 0.3) is 0 Å². The molecule has 0 heterocycles. The summed E-state index contributed by atoms with van der Waals surface area (Å²) < 4.78 is 0. The van der Waals surface area contributed by atoms with Gasteiger partial charge in [-0.3, -0.25) is 9.59 Å². The maximum Gasteiger partial charge on any atom is 0.192 e. The van der Waals surface area contributed by atoms with Crippen molar-refractivity contribution in [2.24, 2.45) is 11.8 Å². The smallest absolute Gasteiger partial charge is 0.192 e. The molecule has 2 saturated carbocycles. The Kier molecular flexibility index (Phi) is 5.74. The first-order valence-electron chi connectivity index (χ1n) is 7.46. The van der Waals surface area contributed by atoms with E-state index in [9.17, 15) is 9.59 Å². The van der Waals surface area contributed by atoms with E-state index in [2.05, 4.69) is 0 Å². The first kappa shape index (κ1) is 14.1. The number of hydrogen-bond acceptors (Lipinski definition) is 3. The lowest BCUT2D eigenvalue weighted by Gasteiger charge is -2.21. The van der Waals surface area contributed by atoms with E-state index < -0.39 is 0 Å². The fourth-order valence-electron chi connectivity index (χ4n) is 3.14. The van der Waals surface area contributed by atoms with Crippen molar-refractivity contribution in [2.45, 2.75) is 64.2 Å². The van der Waals surface area contributed by atoms with Crippen molar-refractivity contribution in [1.82, 2.24) is 0 Å². The standard InChI is InChI=1S/C15H24O2S/c16-14(12-7-3-1-4-8-12)11-18-15(17)13-9-5-2-6-10-13/h12-13H,1-11H2. The van der Waals surface area contributed by atoms with Gasteiger partial charge in [0.15, 0.2) is 5.12 Å². The van der Waals surface area contributed by atoms with E-state index in [1.807, 2.05) is 0 Å². The molecule has 0 aromatic heterocycles. The molecule has 0 saturated heterocycles. The second-order valence-electron chi connectivity index (χ2n) is 5.74. The lowest BCUT2D eigenvalue weighted by atomic mass is 9.87. The molecule has 18 heavy (non-hydrogen) atoms. The molecule has 2 aliphatic rings. The molecule has 2 fully saturated rings. The van der Waals surface area contributed by atoms with Crippen molar-refractivity contribution >= 4 is 22.7 Å². The molecular formula is C15H24O2S. The summed E-state index contributed by atoms with van der Waals surface area (Å²) in [4.78, 5) is 24.0. The molecule has 0 aliphatic heterocycles. The van der Waals surface area contributed by atoms with Gasteiger partial charge in [0, 0.05) is 11.8 Å². The maximum absolute atomic E-state index is 12.0. The molecule has 2 rings (SSSR count). The quantitative estimate of drug-likeness (QED) is 0.773. The van der Waals surface area contributed by atoms with Crippen LogP contribution in [-0.4, -0.2) is 16.7 Å². The van der Waals surface area contributed by atoms with Gasteiger partial charge in [0.05, 0.1) is 5.75 Å². The summed E-state index contributed by atoms with van der Waals surface area (Å²) in [5, 5.41) is 0.277. The fraction of sp³-hybridized carbons (Fsp3) is 0.867. The number of thioether (sulfide) groups is 1. The van der Waals surface area contributed by atoms with Crippen molar-refractivity contribution < 1.29 is 9.59 Å². The summed E-state index contributed by atoms with van der Waals surface area (Å²) in [6, 6.07) is 0. The van der Waals surface area contributed by atoms with Crippen LogP contribution >= 0.6 is 11.8 Å². The minimum Gasteiger partial charge on any atom is -0.298 e. The Morgan fingerprint density at radius 2 is 1.28 bits per heavy atom. The van der Waals surface area contributed by atoms with Crippen LogP contribution in [0.3, 0.4) is 0 Å². The van der Waals surface area contributed by atoms with Gasteiger partial charge in [-0.05, 0) is 25.7 Å². The van der Waals surface area contributed by atoms with Gasteiger partial charge in [-0.2, -0.15) is 0 Å².